The summed E-state index contributed by atoms with van der Waals surface area (Å²) in [6.45, 7) is 6.73. The van der Waals surface area contributed by atoms with Crippen molar-refractivity contribution in [1.82, 2.24) is 20.2 Å². The fourth-order valence-corrected chi connectivity index (χ4v) is 5.06. The lowest BCUT2D eigenvalue weighted by Gasteiger charge is -2.27. The van der Waals surface area contributed by atoms with Crippen LogP contribution in [0, 0.1) is 5.92 Å². The second kappa shape index (κ2) is 12.2. The van der Waals surface area contributed by atoms with Gasteiger partial charge in [0.15, 0.2) is 5.78 Å². The van der Waals surface area contributed by atoms with Gasteiger partial charge in [0, 0.05) is 25.3 Å². The molecule has 7 nitrogen and oxygen atoms in total. The van der Waals surface area contributed by atoms with Gasteiger partial charge in [0.05, 0.1) is 29.5 Å². The van der Waals surface area contributed by atoms with Gasteiger partial charge in [0.1, 0.15) is 5.82 Å². The Labute approximate surface area is 219 Å². The SMILES string of the molecule is CC(C)CCC(=O)N[C@@H](CC(=O)N1CCC[C@@H]1c1ccccc1)C(=O)CC(C)c1nc2ccccc2[nH]1. The van der Waals surface area contributed by atoms with E-state index in [1.165, 1.54) is 0 Å². The second-order valence-corrected chi connectivity index (χ2v) is 10.6. The fraction of sp³-hybridized carbons (Fsp3) is 0.467. The van der Waals surface area contributed by atoms with Crippen LogP contribution in [0.1, 0.15) is 82.6 Å². The number of hydrogen-bond acceptors (Lipinski definition) is 4. The molecule has 1 aliphatic heterocycles. The molecular weight excluding hydrogens is 464 g/mol. The van der Waals surface area contributed by atoms with Crippen molar-refractivity contribution in [3.8, 4) is 0 Å². The quantitative estimate of drug-likeness (QED) is 0.372. The molecule has 4 rings (SSSR count). The molecule has 1 fully saturated rings. The van der Waals surface area contributed by atoms with Crippen molar-refractivity contribution in [2.45, 2.75) is 77.3 Å². The van der Waals surface area contributed by atoms with E-state index in [2.05, 4.69) is 29.1 Å². The first kappa shape index (κ1) is 26.6. The summed E-state index contributed by atoms with van der Waals surface area (Å²) in [4.78, 5) is 49.5. The van der Waals surface area contributed by atoms with Crippen LogP contribution >= 0.6 is 0 Å². The summed E-state index contributed by atoms with van der Waals surface area (Å²) in [5, 5.41) is 2.90. The topological polar surface area (TPSA) is 95.2 Å². The smallest absolute Gasteiger partial charge is 0.225 e. The predicted molar refractivity (Wildman–Crippen MR) is 145 cm³/mol. The van der Waals surface area contributed by atoms with E-state index in [-0.39, 0.29) is 42.4 Å². The number of ketones is 1. The van der Waals surface area contributed by atoms with Crippen LogP contribution in [0.3, 0.4) is 0 Å². The van der Waals surface area contributed by atoms with Gasteiger partial charge in [0.2, 0.25) is 11.8 Å². The van der Waals surface area contributed by atoms with Gasteiger partial charge in [-0.15, -0.1) is 0 Å². The van der Waals surface area contributed by atoms with Gasteiger partial charge in [-0.3, -0.25) is 14.4 Å². The van der Waals surface area contributed by atoms with Crippen molar-refractivity contribution >= 4 is 28.6 Å². The highest BCUT2D eigenvalue weighted by Gasteiger charge is 2.33. The molecule has 0 bridgehead atoms. The highest BCUT2D eigenvalue weighted by molar-refractivity contribution is 5.93. The lowest BCUT2D eigenvalue weighted by molar-refractivity contribution is -0.136. The summed E-state index contributed by atoms with van der Waals surface area (Å²) in [6.07, 6.45) is 3.06. The molecule has 0 spiro atoms. The lowest BCUT2D eigenvalue weighted by Crippen LogP contribution is -2.45. The average molecular weight is 503 g/mol. The van der Waals surface area contributed by atoms with Gasteiger partial charge in [0.25, 0.3) is 0 Å². The number of amides is 2. The number of nitrogens with one attached hydrogen (secondary N) is 2. The first-order valence-corrected chi connectivity index (χ1v) is 13.4. The zero-order valence-corrected chi connectivity index (χ0v) is 22.1. The summed E-state index contributed by atoms with van der Waals surface area (Å²) in [5.74, 6) is 0.520. The standard InChI is InChI=1S/C30H38N4O3/c1-20(2)15-16-28(36)31-25(19-29(37)34-17-9-14-26(34)22-10-5-4-6-11-22)27(35)18-21(3)30-32-23-12-7-8-13-24(23)33-30/h4-8,10-13,20-21,25-26H,9,14-19H2,1-3H3,(H,31,36)(H,32,33)/t21?,25-,26+/m0/s1. The molecule has 1 saturated heterocycles. The summed E-state index contributed by atoms with van der Waals surface area (Å²) in [6, 6.07) is 16.9. The molecule has 7 heteroatoms. The van der Waals surface area contributed by atoms with E-state index >= 15 is 0 Å². The molecule has 0 radical (unpaired) electrons. The van der Waals surface area contributed by atoms with Crippen LogP contribution in [0.4, 0.5) is 0 Å². The molecule has 0 saturated carbocycles. The van der Waals surface area contributed by atoms with Crippen LogP contribution in [0.25, 0.3) is 11.0 Å². The van der Waals surface area contributed by atoms with Gasteiger partial charge in [-0.05, 0) is 42.9 Å². The minimum absolute atomic E-state index is 0.00978. The largest absolute Gasteiger partial charge is 0.346 e. The Morgan fingerprint density at radius 1 is 1.03 bits per heavy atom. The number of hydrogen-bond donors (Lipinski definition) is 2. The number of H-pyrrole nitrogens is 1. The zero-order chi connectivity index (χ0) is 26.4. The average Bonchev–Trinajstić information content (AvgIpc) is 3.55. The van der Waals surface area contributed by atoms with E-state index in [1.54, 1.807) is 0 Å². The maximum absolute atomic E-state index is 13.5. The van der Waals surface area contributed by atoms with Gasteiger partial charge < -0.3 is 15.2 Å². The van der Waals surface area contributed by atoms with E-state index in [4.69, 9.17) is 0 Å². The van der Waals surface area contributed by atoms with E-state index < -0.39 is 6.04 Å². The van der Waals surface area contributed by atoms with Crippen molar-refractivity contribution in [2.75, 3.05) is 6.54 Å². The molecule has 0 aliphatic carbocycles. The van der Waals surface area contributed by atoms with Crippen molar-refractivity contribution in [2.24, 2.45) is 5.92 Å². The zero-order valence-electron chi connectivity index (χ0n) is 22.1. The van der Waals surface area contributed by atoms with E-state index in [9.17, 15) is 14.4 Å². The Hall–Kier alpha value is -3.48. The van der Waals surface area contributed by atoms with Crippen molar-refractivity contribution < 1.29 is 14.4 Å². The third kappa shape index (κ3) is 6.85. The normalized spacial score (nSPS) is 17.2. The first-order chi connectivity index (χ1) is 17.8. The third-order valence-corrected chi connectivity index (χ3v) is 7.19. The molecule has 2 heterocycles. The summed E-state index contributed by atoms with van der Waals surface area (Å²) in [7, 11) is 0. The number of fused-ring (bicyclic) bond motifs is 1. The Bertz CT molecular complexity index is 1190. The number of nitrogens with zero attached hydrogens (tertiary/aromatic N) is 2. The number of carbonyl (C=O) groups excluding carboxylic acids is 3. The van der Waals surface area contributed by atoms with Gasteiger partial charge in [-0.2, -0.15) is 0 Å². The van der Waals surface area contributed by atoms with E-state index in [0.717, 1.165) is 41.7 Å². The predicted octanol–water partition coefficient (Wildman–Crippen LogP) is 5.30. The molecule has 3 atom stereocenters. The number of para-hydroxylation sites is 2. The number of benzene rings is 2. The molecule has 3 aromatic rings. The highest BCUT2D eigenvalue weighted by atomic mass is 16.2. The summed E-state index contributed by atoms with van der Waals surface area (Å²) < 4.78 is 0. The molecule has 1 aliphatic rings. The van der Waals surface area contributed by atoms with Gasteiger partial charge in [-0.1, -0.05) is 63.2 Å². The summed E-state index contributed by atoms with van der Waals surface area (Å²) in [5.41, 5.74) is 2.88. The minimum atomic E-state index is -0.851. The van der Waals surface area contributed by atoms with Crippen LogP contribution in [-0.2, 0) is 14.4 Å². The molecule has 1 unspecified atom stereocenters. The summed E-state index contributed by atoms with van der Waals surface area (Å²) >= 11 is 0. The van der Waals surface area contributed by atoms with Crippen molar-refractivity contribution in [1.29, 1.82) is 0 Å². The van der Waals surface area contributed by atoms with E-state index in [0.29, 0.717) is 18.9 Å². The highest BCUT2D eigenvalue weighted by Crippen LogP contribution is 2.32. The maximum Gasteiger partial charge on any atom is 0.225 e. The molecule has 1 aromatic heterocycles. The van der Waals surface area contributed by atoms with Crippen molar-refractivity contribution in [3.05, 3.63) is 66.0 Å². The lowest BCUT2D eigenvalue weighted by atomic mass is 9.96. The van der Waals surface area contributed by atoms with Crippen LogP contribution in [0.15, 0.2) is 54.6 Å². The molecule has 37 heavy (non-hydrogen) atoms. The molecule has 2 aromatic carbocycles. The molecule has 2 amide bonds. The molecule has 196 valence electrons. The van der Waals surface area contributed by atoms with Crippen molar-refractivity contribution in [3.63, 3.8) is 0 Å². The number of aromatic amines is 1. The van der Waals surface area contributed by atoms with E-state index in [1.807, 2.05) is 66.4 Å². The van der Waals surface area contributed by atoms with Crippen LogP contribution < -0.4 is 5.32 Å². The molecular formula is C30H38N4O3. The first-order valence-electron chi connectivity index (χ1n) is 13.4. The monoisotopic (exact) mass is 502 g/mol. The van der Waals surface area contributed by atoms with Gasteiger partial charge >= 0.3 is 0 Å². The second-order valence-electron chi connectivity index (χ2n) is 10.6. The van der Waals surface area contributed by atoms with Crippen LogP contribution in [0.5, 0.6) is 0 Å². The number of likely N-dealkylation sites (tertiary alicyclic amines) is 1. The number of imidazole rings is 1. The van der Waals surface area contributed by atoms with Gasteiger partial charge in [-0.25, -0.2) is 4.98 Å². The maximum atomic E-state index is 13.5. The molecule has 2 N–H and O–H groups in total. The Morgan fingerprint density at radius 3 is 2.49 bits per heavy atom. The number of carbonyl (C=O) groups is 3. The Balaban J connectivity index is 1.47. The Kier molecular flexibility index (Phi) is 8.74. The van der Waals surface area contributed by atoms with Crippen LogP contribution in [0.2, 0.25) is 0 Å². The Morgan fingerprint density at radius 2 is 1.76 bits per heavy atom. The number of Topliss-reactive ketones (excluding diaryl/α,β-unsaturated/α-hetero) is 1. The number of aromatic nitrogens is 2. The van der Waals surface area contributed by atoms with Crippen LogP contribution in [-0.4, -0.2) is 45.1 Å². The fourth-order valence-electron chi connectivity index (χ4n) is 5.06. The number of rotatable bonds is 11. The third-order valence-electron chi connectivity index (χ3n) is 7.19. The minimum Gasteiger partial charge on any atom is -0.346 e.